The molecule has 1 N–H and O–H groups in total. The second kappa shape index (κ2) is 3.39. The van der Waals surface area contributed by atoms with Gasteiger partial charge in [0, 0.05) is 17.0 Å². The predicted octanol–water partition coefficient (Wildman–Crippen LogP) is 1.61. The number of hydrogen-bond donors (Lipinski definition) is 1. The highest BCUT2D eigenvalue weighted by molar-refractivity contribution is 7.09. The first-order chi connectivity index (χ1) is 8.16. The van der Waals surface area contributed by atoms with E-state index in [1.165, 1.54) is 34.1 Å². The summed E-state index contributed by atoms with van der Waals surface area (Å²) in [6, 6.07) is 2.96. The van der Waals surface area contributed by atoms with Crippen LogP contribution in [0.2, 0.25) is 0 Å². The summed E-state index contributed by atoms with van der Waals surface area (Å²) in [6.45, 7) is 0. The minimum absolute atomic E-state index is 0.0657. The number of aromatic nitrogens is 2. The largest absolute Gasteiger partial charge is 0.478 e. The highest BCUT2D eigenvalue weighted by atomic mass is 32.1. The van der Waals surface area contributed by atoms with E-state index < -0.39 is 5.97 Å². The average molecular weight is 246 g/mol. The van der Waals surface area contributed by atoms with Gasteiger partial charge in [0.1, 0.15) is 5.65 Å². The molecule has 17 heavy (non-hydrogen) atoms. The second-order valence-corrected chi connectivity index (χ2v) is 4.28. The second-order valence-electron chi connectivity index (χ2n) is 3.54. The fraction of sp³-hybridized carbons (Fsp3) is 0. The highest BCUT2D eigenvalue weighted by Crippen LogP contribution is 2.14. The fourth-order valence-corrected chi connectivity index (χ4v) is 2.40. The molecule has 0 atom stereocenters. The lowest BCUT2D eigenvalue weighted by molar-refractivity contribution is 0.0696. The third-order valence-corrected chi connectivity index (χ3v) is 3.23. The number of carboxylic acids is 1. The summed E-state index contributed by atoms with van der Waals surface area (Å²) in [5, 5.41) is 12.9. The van der Waals surface area contributed by atoms with Gasteiger partial charge in [0.15, 0.2) is 0 Å². The summed E-state index contributed by atoms with van der Waals surface area (Å²) >= 11 is 1.40. The Balaban J connectivity index is 2.50. The van der Waals surface area contributed by atoms with E-state index in [0.717, 1.165) is 0 Å². The van der Waals surface area contributed by atoms with Crippen LogP contribution in [-0.2, 0) is 0 Å². The van der Waals surface area contributed by atoms with E-state index in [9.17, 15) is 9.59 Å². The third-order valence-electron chi connectivity index (χ3n) is 2.50. The van der Waals surface area contributed by atoms with Crippen molar-refractivity contribution in [1.29, 1.82) is 0 Å². The van der Waals surface area contributed by atoms with Crippen LogP contribution < -0.4 is 5.56 Å². The molecular formula is C11H6N2O3S. The van der Waals surface area contributed by atoms with Gasteiger partial charge in [-0.2, -0.15) is 0 Å². The lowest BCUT2D eigenvalue weighted by atomic mass is 10.3. The van der Waals surface area contributed by atoms with Crippen molar-refractivity contribution in [2.45, 2.75) is 0 Å². The first-order valence-electron chi connectivity index (χ1n) is 4.78. The van der Waals surface area contributed by atoms with Crippen molar-refractivity contribution in [1.82, 2.24) is 9.38 Å². The van der Waals surface area contributed by atoms with E-state index >= 15 is 0 Å². The fourth-order valence-electron chi connectivity index (χ4n) is 1.66. The number of aromatic carboxylic acids is 1. The molecule has 0 radical (unpaired) electrons. The first kappa shape index (κ1) is 9.98. The Morgan fingerprint density at radius 3 is 2.94 bits per heavy atom. The summed E-state index contributed by atoms with van der Waals surface area (Å²) in [4.78, 5) is 27.2. The van der Waals surface area contributed by atoms with Crippen molar-refractivity contribution in [3.63, 3.8) is 0 Å². The van der Waals surface area contributed by atoms with Gasteiger partial charge in [-0.05, 0) is 12.1 Å². The molecule has 0 aliphatic rings. The molecule has 3 aromatic heterocycles. The molecule has 0 fully saturated rings. The van der Waals surface area contributed by atoms with Crippen LogP contribution in [0.5, 0.6) is 0 Å². The Morgan fingerprint density at radius 1 is 1.35 bits per heavy atom. The monoisotopic (exact) mass is 246 g/mol. The van der Waals surface area contributed by atoms with Crippen LogP contribution in [0.3, 0.4) is 0 Å². The molecule has 5 nitrogen and oxygen atoms in total. The molecule has 3 heterocycles. The summed E-state index contributed by atoms with van der Waals surface area (Å²) in [5.74, 6) is -1.07. The number of hydrogen-bond acceptors (Lipinski definition) is 4. The summed E-state index contributed by atoms with van der Waals surface area (Å²) in [6.07, 6.45) is 1.30. The van der Waals surface area contributed by atoms with Crippen LogP contribution in [-0.4, -0.2) is 20.5 Å². The molecule has 0 unspecified atom stereocenters. The number of fused-ring (bicyclic) bond motifs is 2. The van der Waals surface area contributed by atoms with E-state index in [2.05, 4.69) is 4.98 Å². The van der Waals surface area contributed by atoms with Gasteiger partial charge < -0.3 is 5.11 Å². The van der Waals surface area contributed by atoms with Gasteiger partial charge in [0.05, 0.1) is 16.5 Å². The molecule has 0 saturated carbocycles. The number of thiophene rings is 1. The van der Waals surface area contributed by atoms with Gasteiger partial charge in [-0.1, -0.05) is 0 Å². The van der Waals surface area contributed by atoms with E-state index in [1.54, 1.807) is 10.8 Å². The Kier molecular flexibility index (Phi) is 1.99. The van der Waals surface area contributed by atoms with E-state index in [0.29, 0.717) is 16.6 Å². The predicted molar refractivity (Wildman–Crippen MR) is 63.8 cm³/mol. The quantitative estimate of drug-likeness (QED) is 0.708. The molecule has 0 aliphatic carbocycles. The Hall–Kier alpha value is -2.21. The molecule has 0 aliphatic heterocycles. The minimum Gasteiger partial charge on any atom is -0.478 e. The zero-order chi connectivity index (χ0) is 12.0. The van der Waals surface area contributed by atoms with Gasteiger partial charge in [0.2, 0.25) is 0 Å². The normalized spacial score (nSPS) is 11.1. The molecule has 0 spiro atoms. The maximum absolute atomic E-state index is 12.1. The summed E-state index contributed by atoms with van der Waals surface area (Å²) in [5.41, 5.74) is 0.916. The summed E-state index contributed by atoms with van der Waals surface area (Å²) in [7, 11) is 0. The molecule has 84 valence electrons. The first-order valence-corrected chi connectivity index (χ1v) is 5.73. The van der Waals surface area contributed by atoms with Crippen LogP contribution in [0.25, 0.3) is 16.6 Å². The summed E-state index contributed by atoms with van der Waals surface area (Å²) < 4.78 is 1.26. The smallest absolute Gasteiger partial charge is 0.337 e. The molecule has 0 saturated heterocycles. The van der Waals surface area contributed by atoms with Gasteiger partial charge in [0.25, 0.3) is 5.56 Å². The Bertz CT molecular complexity index is 803. The zero-order valence-corrected chi connectivity index (χ0v) is 9.27. The Labute approximate surface area is 98.6 Å². The van der Waals surface area contributed by atoms with E-state index in [1.807, 2.05) is 0 Å². The number of carboxylic acid groups (broad SMARTS) is 1. The lowest BCUT2D eigenvalue weighted by Gasteiger charge is -2.01. The van der Waals surface area contributed by atoms with E-state index in [-0.39, 0.29) is 11.1 Å². The van der Waals surface area contributed by atoms with Crippen molar-refractivity contribution in [3.8, 4) is 0 Å². The maximum Gasteiger partial charge on any atom is 0.337 e. The van der Waals surface area contributed by atoms with Crippen LogP contribution in [0, 0.1) is 0 Å². The number of carbonyl (C=O) groups is 1. The van der Waals surface area contributed by atoms with E-state index in [4.69, 9.17) is 5.11 Å². The minimum atomic E-state index is -1.07. The van der Waals surface area contributed by atoms with Gasteiger partial charge in [-0.3, -0.25) is 9.20 Å². The molecule has 3 rings (SSSR count). The molecular weight excluding hydrogens is 240 g/mol. The standard InChI is InChI=1S/C11H6N2O3S/c14-10-7-4-17-5-8(7)12-9-2-1-6(11(15)16)3-13(9)10/h1-5H,(H,15,16). The third kappa shape index (κ3) is 1.42. The maximum atomic E-state index is 12.1. The van der Waals surface area contributed by atoms with Gasteiger partial charge in [-0.15, -0.1) is 11.3 Å². The van der Waals surface area contributed by atoms with Crippen molar-refractivity contribution >= 4 is 33.9 Å². The van der Waals surface area contributed by atoms with Crippen molar-refractivity contribution < 1.29 is 9.90 Å². The molecule has 6 heteroatoms. The van der Waals surface area contributed by atoms with Crippen molar-refractivity contribution in [2.24, 2.45) is 0 Å². The lowest BCUT2D eigenvalue weighted by Crippen LogP contribution is -2.15. The van der Waals surface area contributed by atoms with Gasteiger partial charge >= 0.3 is 5.97 Å². The Morgan fingerprint density at radius 2 is 2.18 bits per heavy atom. The highest BCUT2D eigenvalue weighted by Gasteiger charge is 2.09. The topological polar surface area (TPSA) is 71.7 Å². The van der Waals surface area contributed by atoms with Crippen LogP contribution in [0.1, 0.15) is 10.4 Å². The number of nitrogens with zero attached hydrogens (tertiary/aromatic N) is 2. The van der Waals surface area contributed by atoms with Gasteiger partial charge in [-0.25, -0.2) is 9.78 Å². The SMILES string of the molecule is O=C(O)c1ccc2nc3cscc3c(=O)n2c1. The molecule has 0 bridgehead atoms. The van der Waals surface area contributed by atoms with Crippen molar-refractivity contribution in [2.75, 3.05) is 0 Å². The number of rotatable bonds is 1. The zero-order valence-electron chi connectivity index (χ0n) is 8.45. The molecule has 0 aromatic carbocycles. The van der Waals surface area contributed by atoms with Crippen molar-refractivity contribution in [3.05, 3.63) is 45.0 Å². The van der Waals surface area contributed by atoms with Crippen LogP contribution in [0.4, 0.5) is 0 Å². The van der Waals surface area contributed by atoms with Crippen LogP contribution in [0.15, 0.2) is 33.9 Å². The molecule has 0 amide bonds. The number of pyridine rings is 1. The van der Waals surface area contributed by atoms with Crippen LogP contribution >= 0.6 is 11.3 Å². The average Bonchev–Trinajstić information content (AvgIpc) is 2.77. The molecule has 3 aromatic rings.